The summed E-state index contributed by atoms with van der Waals surface area (Å²) in [5.41, 5.74) is 1.21. The van der Waals surface area contributed by atoms with Crippen molar-refractivity contribution in [2.45, 2.75) is 4.90 Å². The lowest BCUT2D eigenvalue weighted by molar-refractivity contribution is 0.100. The molecule has 2 heterocycles. The average molecular weight is 408 g/mol. The van der Waals surface area contributed by atoms with Crippen LogP contribution in [0.2, 0.25) is 0 Å². The molecule has 1 aromatic heterocycles. The number of H-pyrrole nitrogens is 1. The lowest BCUT2D eigenvalue weighted by Crippen LogP contribution is -2.16. The number of tetrazole rings is 1. The number of anilines is 1. The van der Waals surface area contributed by atoms with Gasteiger partial charge in [-0.25, -0.2) is 8.42 Å². The van der Waals surface area contributed by atoms with E-state index in [4.69, 9.17) is 4.74 Å². The number of nitrogens with zero attached hydrogens (tertiary/aromatic N) is 4. The molecule has 1 aliphatic rings. The summed E-state index contributed by atoms with van der Waals surface area (Å²) in [6, 6.07) is 10.7. The fourth-order valence-corrected chi connectivity index (χ4v) is 3.81. The Hall–Kier alpha value is -4.04. The first-order valence-electron chi connectivity index (χ1n) is 8.17. The number of sulfonamides is 1. The second-order valence-corrected chi connectivity index (χ2v) is 7.46. The molecule has 3 aromatic rings. The fraction of sp³-hybridized carbons (Fsp3) is 0.0556. The average Bonchev–Trinajstić information content (AvgIpc) is 3.35. The van der Waals surface area contributed by atoms with Crippen molar-refractivity contribution >= 4 is 27.5 Å². The maximum atomic E-state index is 12.9. The van der Waals surface area contributed by atoms with Crippen molar-refractivity contribution in [3.8, 4) is 11.8 Å². The van der Waals surface area contributed by atoms with Crippen molar-refractivity contribution in [3.63, 3.8) is 0 Å². The van der Waals surface area contributed by atoms with E-state index in [0.717, 1.165) is 0 Å². The number of rotatable bonds is 3. The highest BCUT2D eigenvalue weighted by molar-refractivity contribution is 7.92. The molecule has 0 aliphatic carbocycles. The summed E-state index contributed by atoms with van der Waals surface area (Å²) in [7, 11) is -2.61. The molecule has 2 N–H and O–H groups in total. The van der Waals surface area contributed by atoms with Gasteiger partial charge in [0.05, 0.1) is 28.8 Å². The van der Waals surface area contributed by atoms with Gasteiger partial charge in [-0.05, 0) is 41.5 Å². The Balaban J connectivity index is 1.67. The van der Waals surface area contributed by atoms with Crippen LogP contribution in [0.3, 0.4) is 0 Å². The molecule has 0 saturated heterocycles. The number of methoxy groups -OCH3 is 1. The highest BCUT2D eigenvalue weighted by Gasteiger charge is 2.28. The number of fused-ring (bicyclic) bond motifs is 1. The first kappa shape index (κ1) is 18.3. The van der Waals surface area contributed by atoms with E-state index in [9.17, 15) is 13.2 Å². The van der Waals surface area contributed by atoms with E-state index < -0.39 is 15.9 Å². The van der Waals surface area contributed by atoms with Gasteiger partial charge in [0, 0.05) is 5.56 Å². The second kappa shape index (κ2) is 7.17. The van der Waals surface area contributed by atoms with Crippen LogP contribution in [0, 0.1) is 11.8 Å². The number of nitrogens with one attached hydrogen (secondary N) is 2. The third kappa shape index (κ3) is 3.56. The molecule has 4 rings (SSSR count). The van der Waals surface area contributed by atoms with Crippen LogP contribution < -0.4 is 4.72 Å². The monoisotopic (exact) mass is 408 g/mol. The van der Waals surface area contributed by atoms with Crippen molar-refractivity contribution in [2.75, 3.05) is 11.8 Å². The summed E-state index contributed by atoms with van der Waals surface area (Å²) < 4.78 is 33.4. The standard InChI is InChI=1S/C18H12N6O4S/c1-28-18-16-13(17(25)19-18)6-3-7-14(16)22-29(26,27)12-5-2-4-11(10-12)8-9-15-20-23-24-21-15/h2-7,10,22H,1H3,(H,20,21,23,24). The Labute approximate surface area is 165 Å². The number of amides is 1. The number of hydrogen-bond acceptors (Lipinski definition) is 7. The van der Waals surface area contributed by atoms with Crippen molar-refractivity contribution in [2.24, 2.45) is 4.99 Å². The van der Waals surface area contributed by atoms with Crippen molar-refractivity contribution in [3.05, 3.63) is 65.0 Å². The van der Waals surface area contributed by atoms with Gasteiger partial charge in [-0.3, -0.25) is 9.52 Å². The Kier molecular flexibility index (Phi) is 4.53. The Morgan fingerprint density at radius 3 is 2.72 bits per heavy atom. The molecule has 11 heteroatoms. The molecule has 10 nitrogen and oxygen atoms in total. The molecule has 29 heavy (non-hydrogen) atoms. The first-order chi connectivity index (χ1) is 14.0. The molecule has 0 atom stereocenters. The van der Waals surface area contributed by atoms with E-state index in [-0.39, 0.29) is 27.9 Å². The predicted molar refractivity (Wildman–Crippen MR) is 102 cm³/mol. The molecule has 0 radical (unpaired) electrons. The highest BCUT2D eigenvalue weighted by atomic mass is 32.2. The van der Waals surface area contributed by atoms with Crippen LogP contribution >= 0.6 is 0 Å². The van der Waals surface area contributed by atoms with Crippen LogP contribution in [-0.4, -0.2) is 48.0 Å². The maximum absolute atomic E-state index is 12.9. The zero-order chi connectivity index (χ0) is 20.4. The van der Waals surface area contributed by atoms with Gasteiger partial charge in [-0.2, -0.15) is 10.2 Å². The SMILES string of the molecule is COC1=NC(=O)c2cccc(NS(=O)(=O)c3cccc(C#Cc4nn[nH]n4)c3)c21. The summed E-state index contributed by atoms with van der Waals surface area (Å²) in [6.07, 6.45) is 0. The predicted octanol–water partition coefficient (Wildman–Crippen LogP) is 0.947. The number of hydrogen-bond donors (Lipinski definition) is 2. The molecule has 1 aliphatic heterocycles. The second-order valence-electron chi connectivity index (χ2n) is 5.77. The molecule has 0 fully saturated rings. The zero-order valence-electron chi connectivity index (χ0n) is 14.9. The van der Waals surface area contributed by atoms with Crippen molar-refractivity contribution in [1.29, 1.82) is 0 Å². The van der Waals surface area contributed by atoms with Crippen molar-refractivity contribution in [1.82, 2.24) is 20.6 Å². The van der Waals surface area contributed by atoms with E-state index in [2.05, 4.69) is 42.2 Å². The van der Waals surface area contributed by atoms with Crippen LogP contribution in [0.4, 0.5) is 5.69 Å². The summed E-state index contributed by atoms with van der Waals surface area (Å²) in [6.45, 7) is 0. The third-order valence-electron chi connectivity index (χ3n) is 3.96. The normalized spacial score (nSPS) is 12.6. The summed E-state index contributed by atoms with van der Waals surface area (Å²) >= 11 is 0. The minimum atomic E-state index is -3.97. The fourth-order valence-electron chi connectivity index (χ4n) is 2.69. The van der Waals surface area contributed by atoms with Crippen LogP contribution in [0.5, 0.6) is 0 Å². The van der Waals surface area contributed by atoms with Crippen LogP contribution in [0.1, 0.15) is 27.3 Å². The van der Waals surface area contributed by atoms with Gasteiger partial charge in [0.2, 0.25) is 11.7 Å². The maximum Gasteiger partial charge on any atom is 0.281 e. The van der Waals surface area contributed by atoms with Crippen LogP contribution in [-0.2, 0) is 14.8 Å². The topological polar surface area (TPSA) is 139 Å². The molecule has 1 amide bonds. The number of aliphatic imine (C=N–C) groups is 1. The van der Waals surface area contributed by atoms with E-state index in [1.807, 2.05) is 0 Å². The summed E-state index contributed by atoms with van der Waals surface area (Å²) in [5, 5.41) is 13.1. The van der Waals surface area contributed by atoms with Gasteiger partial charge in [0.1, 0.15) is 0 Å². The van der Waals surface area contributed by atoms with E-state index in [1.54, 1.807) is 24.3 Å². The molecule has 144 valence electrons. The van der Waals surface area contributed by atoms with Gasteiger partial charge >= 0.3 is 0 Å². The lowest BCUT2D eigenvalue weighted by atomic mass is 10.1. The van der Waals surface area contributed by atoms with Crippen LogP contribution in [0.15, 0.2) is 52.4 Å². The Morgan fingerprint density at radius 1 is 1.14 bits per heavy atom. The van der Waals surface area contributed by atoms with Gasteiger partial charge in [0.25, 0.3) is 15.9 Å². The summed E-state index contributed by atoms with van der Waals surface area (Å²) in [4.78, 5) is 15.7. The molecule has 0 bridgehead atoms. The van der Waals surface area contributed by atoms with Gasteiger partial charge in [-0.1, -0.05) is 23.2 Å². The quantitative estimate of drug-likeness (QED) is 0.615. The largest absolute Gasteiger partial charge is 0.480 e. The number of carbonyl (C=O) groups excluding carboxylic acids is 1. The molecule has 0 spiro atoms. The van der Waals surface area contributed by atoms with Crippen molar-refractivity contribution < 1.29 is 17.9 Å². The minimum absolute atomic E-state index is 0.00440. The first-order valence-corrected chi connectivity index (χ1v) is 9.65. The van der Waals surface area contributed by atoms with Gasteiger partial charge in [-0.15, -0.1) is 5.10 Å². The number of aromatic amines is 1. The number of aromatic nitrogens is 4. The number of benzene rings is 2. The van der Waals surface area contributed by atoms with E-state index in [1.165, 1.54) is 25.3 Å². The lowest BCUT2D eigenvalue weighted by Gasteiger charge is -2.12. The zero-order valence-corrected chi connectivity index (χ0v) is 15.7. The number of ether oxygens (including phenoxy) is 1. The third-order valence-corrected chi connectivity index (χ3v) is 5.32. The molecular weight excluding hydrogens is 396 g/mol. The van der Waals surface area contributed by atoms with Crippen LogP contribution in [0.25, 0.3) is 0 Å². The Morgan fingerprint density at radius 2 is 1.97 bits per heavy atom. The smallest absolute Gasteiger partial charge is 0.281 e. The molecule has 0 saturated carbocycles. The van der Waals surface area contributed by atoms with E-state index in [0.29, 0.717) is 11.1 Å². The molecule has 2 aromatic carbocycles. The highest BCUT2D eigenvalue weighted by Crippen LogP contribution is 2.29. The molecular formula is C18H12N6O4S. The van der Waals surface area contributed by atoms with Gasteiger partial charge < -0.3 is 4.74 Å². The summed E-state index contributed by atoms with van der Waals surface area (Å²) in [5.74, 6) is 5.20. The van der Waals surface area contributed by atoms with Gasteiger partial charge in [0.15, 0.2) is 0 Å². The molecule has 0 unspecified atom stereocenters. The Bertz CT molecular complexity index is 1300. The van der Waals surface area contributed by atoms with E-state index >= 15 is 0 Å². The minimum Gasteiger partial charge on any atom is -0.480 e. The number of carbonyl (C=O) groups is 1.